The lowest BCUT2D eigenvalue weighted by atomic mass is 10.1. The monoisotopic (exact) mass is 282 g/mol. The zero-order valence-corrected chi connectivity index (χ0v) is 12.4. The molecule has 1 aromatic heterocycles. The third-order valence-corrected chi connectivity index (χ3v) is 2.86. The van der Waals surface area contributed by atoms with Crippen LogP contribution in [0.25, 0.3) is 0 Å². The van der Waals surface area contributed by atoms with Gasteiger partial charge in [-0.1, -0.05) is 32.9 Å². The predicted octanol–water partition coefficient (Wildman–Crippen LogP) is 1.26. The summed E-state index contributed by atoms with van der Waals surface area (Å²) in [5, 5.41) is 19.2. The van der Waals surface area contributed by atoms with Crippen LogP contribution in [0.3, 0.4) is 0 Å². The Labute approximate surface area is 118 Å². The van der Waals surface area contributed by atoms with E-state index in [1.54, 1.807) is 0 Å². The molecule has 0 spiro atoms. The van der Waals surface area contributed by atoms with E-state index in [9.17, 15) is 9.59 Å². The molecule has 1 amide bonds. The quantitative estimate of drug-likeness (QED) is 0.784. The van der Waals surface area contributed by atoms with Crippen LogP contribution in [0.1, 0.15) is 56.2 Å². The SMILES string of the molecule is CC(C)CCNC(=O)Cn1nnc(C(=O)O)c1C(C)C. The average Bonchev–Trinajstić information content (AvgIpc) is 2.72. The summed E-state index contributed by atoms with van der Waals surface area (Å²) >= 11 is 0. The summed E-state index contributed by atoms with van der Waals surface area (Å²) in [6.45, 7) is 8.45. The van der Waals surface area contributed by atoms with Gasteiger partial charge in [-0.3, -0.25) is 4.79 Å². The van der Waals surface area contributed by atoms with Crippen molar-refractivity contribution >= 4 is 11.9 Å². The number of aromatic nitrogens is 3. The molecule has 0 atom stereocenters. The van der Waals surface area contributed by atoms with Gasteiger partial charge in [0, 0.05) is 6.54 Å². The maximum Gasteiger partial charge on any atom is 0.358 e. The molecule has 0 aliphatic carbocycles. The number of hydrogen-bond donors (Lipinski definition) is 2. The molecule has 0 bridgehead atoms. The Kier molecular flexibility index (Phi) is 5.66. The molecule has 7 heteroatoms. The Morgan fingerprint density at radius 2 is 1.95 bits per heavy atom. The van der Waals surface area contributed by atoms with Gasteiger partial charge in [0.15, 0.2) is 5.69 Å². The van der Waals surface area contributed by atoms with Gasteiger partial charge in [0.2, 0.25) is 5.91 Å². The smallest absolute Gasteiger partial charge is 0.358 e. The highest BCUT2D eigenvalue weighted by Gasteiger charge is 2.22. The Morgan fingerprint density at radius 3 is 2.45 bits per heavy atom. The van der Waals surface area contributed by atoms with E-state index in [0.29, 0.717) is 18.2 Å². The van der Waals surface area contributed by atoms with Gasteiger partial charge in [-0.25, -0.2) is 9.48 Å². The van der Waals surface area contributed by atoms with E-state index in [2.05, 4.69) is 29.5 Å². The van der Waals surface area contributed by atoms with E-state index in [1.807, 2.05) is 13.8 Å². The summed E-state index contributed by atoms with van der Waals surface area (Å²) in [5.41, 5.74) is 0.381. The lowest BCUT2D eigenvalue weighted by Crippen LogP contribution is -2.30. The molecule has 0 aliphatic rings. The van der Waals surface area contributed by atoms with E-state index in [4.69, 9.17) is 5.11 Å². The van der Waals surface area contributed by atoms with Crippen LogP contribution in [0.4, 0.5) is 0 Å². The predicted molar refractivity (Wildman–Crippen MR) is 73.5 cm³/mol. The fourth-order valence-electron chi connectivity index (χ4n) is 1.85. The van der Waals surface area contributed by atoms with Crippen LogP contribution in [-0.2, 0) is 11.3 Å². The maximum atomic E-state index is 11.8. The first-order valence-corrected chi connectivity index (χ1v) is 6.76. The summed E-state index contributed by atoms with van der Waals surface area (Å²) < 4.78 is 1.36. The second-order valence-corrected chi connectivity index (χ2v) is 5.47. The molecule has 1 heterocycles. The van der Waals surface area contributed by atoms with Gasteiger partial charge >= 0.3 is 5.97 Å². The van der Waals surface area contributed by atoms with Gasteiger partial charge in [-0.15, -0.1) is 5.10 Å². The number of nitrogens with zero attached hydrogens (tertiary/aromatic N) is 3. The van der Waals surface area contributed by atoms with E-state index in [1.165, 1.54) is 4.68 Å². The van der Waals surface area contributed by atoms with Crippen molar-refractivity contribution in [1.82, 2.24) is 20.3 Å². The second-order valence-electron chi connectivity index (χ2n) is 5.47. The number of amides is 1. The molecule has 1 rings (SSSR count). The normalized spacial score (nSPS) is 11.1. The first-order valence-electron chi connectivity index (χ1n) is 6.76. The number of carbonyl (C=O) groups excluding carboxylic acids is 1. The highest BCUT2D eigenvalue weighted by molar-refractivity contribution is 5.86. The molecule has 0 aliphatic heterocycles. The van der Waals surface area contributed by atoms with Crippen molar-refractivity contribution in [3.8, 4) is 0 Å². The number of rotatable bonds is 7. The van der Waals surface area contributed by atoms with Crippen LogP contribution in [0, 0.1) is 5.92 Å². The minimum Gasteiger partial charge on any atom is -0.476 e. The lowest BCUT2D eigenvalue weighted by molar-refractivity contribution is -0.121. The van der Waals surface area contributed by atoms with Gasteiger partial charge in [0.1, 0.15) is 6.54 Å². The highest BCUT2D eigenvalue weighted by atomic mass is 16.4. The Hall–Kier alpha value is -1.92. The molecule has 20 heavy (non-hydrogen) atoms. The molecule has 0 unspecified atom stereocenters. The van der Waals surface area contributed by atoms with E-state index in [-0.39, 0.29) is 24.1 Å². The standard InChI is InChI=1S/C13H22N4O3/c1-8(2)5-6-14-10(18)7-17-12(9(3)4)11(13(19)20)15-16-17/h8-9H,5-7H2,1-4H3,(H,14,18)(H,19,20). The van der Waals surface area contributed by atoms with Gasteiger partial charge in [0.05, 0.1) is 5.69 Å². The molecule has 0 radical (unpaired) electrons. The minimum absolute atomic E-state index is 0.00805. The third kappa shape index (κ3) is 4.32. The van der Waals surface area contributed by atoms with E-state index in [0.717, 1.165) is 6.42 Å². The molecule has 7 nitrogen and oxygen atoms in total. The molecule has 0 aromatic carbocycles. The highest BCUT2D eigenvalue weighted by Crippen LogP contribution is 2.17. The van der Waals surface area contributed by atoms with Crippen molar-refractivity contribution in [3.05, 3.63) is 11.4 Å². The molecule has 2 N–H and O–H groups in total. The summed E-state index contributed by atoms with van der Waals surface area (Å²) in [6.07, 6.45) is 0.903. The topological polar surface area (TPSA) is 97.1 Å². The zero-order chi connectivity index (χ0) is 15.3. The van der Waals surface area contributed by atoms with Crippen molar-refractivity contribution in [3.63, 3.8) is 0 Å². The van der Waals surface area contributed by atoms with Gasteiger partial charge in [-0.2, -0.15) is 0 Å². The van der Waals surface area contributed by atoms with Crippen LogP contribution in [0.2, 0.25) is 0 Å². The molecule has 0 saturated carbocycles. The second kappa shape index (κ2) is 7.02. The zero-order valence-electron chi connectivity index (χ0n) is 12.4. The number of carbonyl (C=O) groups is 2. The van der Waals surface area contributed by atoms with E-state index >= 15 is 0 Å². The largest absolute Gasteiger partial charge is 0.476 e. The minimum atomic E-state index is -1.12. The van der Waals surface area contributed by atoms with Gasteiger partial charge < -0.3 is 10.4 Å². The summed E-state index contributed by atoms with van der Waals surface area (Å²) in [4.78, 5) is 22.9. The van der Waals surface area contributed by atoms with Crippen molar-refractivity contribution in [2.75, 3.05) is 6.54 Å². The molecule has 0 saturated heterocycles. The van der Waals surface area contributed by atoms with Crippen LogP contribution < -0.4 is 5.32 Å². The first kappa shape index (κ1) is 16.1. The number of carboxylic acid groups (broad SMARTS) is 1. The van der Waals surface area contributed by atoms with E-state index < -0.39 is 5.97 Å². The Balaban J connectivity index is 2.72. The molecule has 0 fully saturated rings. The summed E-state index contributed by atoms with van der Waals surface area (Å²) in [7, 11) is 0. The fourth-order valence-corrected chi connectivity index (χ4v) is 1.85. The molecular formula is C13H22N4O3. The fraction of sp³-hybridized carbons (Fsp3) is 0.692. The van der Waals surface area contributed by atoms with Crippen LogP contribution in [0.15, 0.2) is 0 Å². The van der Waals surface area contributed by atoms with Crippen molar-refractivity contribution < 1.29 is 14.7 Å². The lowest BCUT2D eigenvalue weighted by Gasteiger charge is -2.11. The number of carboxylic acids is 1. The van der Waals surface area contributed by atoms with Crippen LogP contribution in [-0.4, -0.2) is 38.5 Å². The number of aromatic carboxylic acids is 1. The number of hydrogen-bond acceptors (Lipinski definition) is 4. The average molecular weight is 282 g/mol. The Bertz CT molecular complexity index is 480. The summed E-state index contributed by atoms with van der Waals surface area (Å²) in [6, 6.07) is 0. The molecule has 112 valence electrons. The maximum absolute atomic E-state index is 11.8. The van der Waals surface area contributed by atoms with Gasteiger partial charge in [0.25, 0.3) is 0 Å². The van der Waals surface area contributed by atoms with Crippen molar-refractivity contribution in [2.24, 2.45) is 5.92 Å². The third-order valence-electron chi connectivity index (χ3n) is 2.86. The van der Waals surface area contributed by atoms with Crippen LogP contribution >= 0.6 is 0 Å². The first-order chi connectivity index (χ1) is 9.32. The van der Waals surface area contributed by atoms with Crippen molar-refractivity contribution in [1.29, 1.82) is 0 Å². The molecular weight excluding hydrogens is 260 g/mol. The molecule has 1 aromatic rings. The van der Waals surface area contributed by atoms with Crippen molar-refractivity contribution in [2.45, 2.75) is 46.6 Å². The van der Waals surface area contributed by atoms with Gasteiger partial charge in [-0.05, 0) is 18.3 Å². The number of nitrogens with one attached hydrogen (secondary N) is 1. The van der Waals surface area contributed by atoms with Crippen LogP contribution in [0.5, 0.6) is 0 Å². The summed E-state index contributed by atoms with van der Waals surface area (Å²) in [5.74, 6) is -0.861. The Morgan fingerprint density at radius 1 is 1.30 bits per heavy atom.